The fraction of sp³-hybridized carbons (Fsp3) is 0.261. The number of hydrogen-bond acceptors (Lipinski definition) is 4. The Morgan fingerprint density at radius 1 is 1.13 bits per heavy atom. The molecule has 0 saturated carbocycles. The fourth-order valence-corrected chi connectivity index (χ4v) is 4.32. The molecule has 158 valence electrons. The Labute approximate surface area is 183 Å². The van der Waals surface area contributed by atoms with Crippen LogP contribution in [-0.4, -0.2) is 44.5 Å². The highest BCUT2D eigenvalue weighted by Crippen LogP contribution is 2.18. The molecule has 5 rings (SSSR count). The number of piperidine rings is 1. The van der Waals surface area contributed by atoms with Gasteiger partial charge in [0.2, 0.25) is 0 Å². The van der Waals surface area contributed by atoms with Gasteiger partial charge in [0.15, 0.2) is 0 Å². The summed E-state index contributed by atoms with van der Waals surface area (Å²) in [4.78, 5) is 30.5. The molecule has 0 aliphatic carbocycles. The number of aromatic nitrogens is 3. The lowest BCUT2D eigenvalue weighted by Gasteiger charge is -2.32. The standard InChI is InChI=1S/C23H22ClN5O2/c24-16-7-5-15(6-8-16)14-28-11-9-17(10-12-28)26-23(31)19-13-25-29-20-4-2-1-3-18(20)22(30)27-21(19)29/h1-8,13,17H,9-12,14H2,(H,26,31)(H,27,30). The van der Waals surface area contributed by atoms with Crippen molar-refractivity contribution in [2.24, 2.45) is 0 Å². The molecule has 2 aromatic carbocycles. The van der Waals surface area contributed by atoms with Crippen molar-refractivity contribution in [3.05, 3.63) is 81.2 Å². The van der Waals surface area contributed by atoms with E-state index >= 15 is 0 Å². The van der Waals surface area contributed by atoms with Crippen molar-refractivity contribution in [1.82, 2.24) is 24.8 Å². The lowest BCUT2D eigenvalue weighted by molar-refractivity contribution is 0.0910. The van der Waals surface area contributed by atoms with Gasteiger partial charge in [0.05, 0.1) is 17.1 Å². The molecular weight excluding hydrogens is 414 g/mol. The molecule has 0 radical (unpaired) electrons. The maximum absolute atomic E-state index is 12.9. The lowest BCUT2D eigenvalue weighted by Crippen LogP contribution is -2.44. The lowest BCUT2D eigenvalue weighted by atomic mass is 10.0. The van der Waals surface area contributed by atoms with Gasteiger partial charge in [-0.2, -0.15) is 5.10 Å². The summed E-state index contributed by atoms with van der Waals surface area (Å²) in [5.74, 6) is -0.211. The van der Waals surface area contributed by atoms with Crippen molar-refractivity contribution in [3.63, 3.8) is 0 Å². The second kappa shape index (κ2) is 8.17. The summed E-state index contributed by atoms with van der Waals surface area (Å²) in [6.07, 6.45) is 3.26. The van der Waals surface area contributed by atoms with Crippen LogP contribution in [0.4, 0.5) is 0 Å². The Morgan fingerprint density at radius 3 is 2.65 bits per heavy atom. The largest absolute Gasteiger partial charge is 0.349 e. The molecule has 7 nitrogen and oxygen atoms in total. The number of rotatable bonds is 4. The molecule has 8 heteroatoms. The molecule has 3 heterocycles. The van der Waals surface area contributed by atoms with E-state index in [1.54, 1.807) is 16.6 Å². The normalized spacial score (nSPS) is 15.5. The smallest absolute Gasteiger partial charge is 0.259 e. The Kier molecular flexibility index (Phi) is 5.21. The number of aromatic amines is 1. The minimum atomic E-state index is -0.229. The summed E-state index contributed by atoms with van der Waals surface area (Å²) in [7, 11) is 0. The minimum absolute atomic E-state index is 0.0936. The average molecular weight is 436 g/mol. The van der Waals surface area contributed by atoms with Crippen molar-refractivity contribution in [2.75, 3.05) is 13.1 Å². The van der Waals surface area contributed by atoms with E-state index in [0.29, 0.717) is 22.1 Å². The second-order valence-corrected chi connectivity index (χ2v) is 8.38. The zero-order valence-electron chi connectivity index (χ0n) is 16.8. The van der Waals surface area contributed by atoms with E-state index in [-0.39, 0.29) is 17.5 Å². The number of nitrogens with one attached hydrogen (secondary N) is 2. The first-order valence-corrected chi connectivity index (χ1v) is 10.7. The minimum Gasteiger partial charge on any atom is -0.349 e. The molecule has 2 aromatic heterocycles. The quantitative estimate of drug-likeness (QED) is 0.515. The topological polar surface area (TPSA) is 82.5 Å². The Bertz CT molecular complexity index is 1300. The van der Waals surface area contributed by atoms with Gasteiger partial charge < -0.3 is 10.3 Å². The first-order chi connectivity index (χ1) is 15.1. The van der Waals surface area contributed by atoms with Gasteiger partial charge in [-0.3, -0.25) is 14.5 Å². The number of fused-ring (bicyclic) bond motifs is 3. The van der Waals surface area contributed by atoms with Crippen molar-refractivity contribution in [3.8, 4) is 0 Å². The summed E-state index contributed by atoms with van der Waals surface area (Å²) < 4.78 is 1.61. The number of halogens is 1. The van der Waals surface area contributed by atoms with E-state index in [0.717, 1.165) is 37.5 Å². The molecule has 2 N–H and O–H groups in total. The molecule has 1 saturated heterocycles. The molecule has 1 aliphatic rings. The number of likely N-dealkylation sites (tertiary alicyclic amines) is 1. The summed E-state index contributed by atoms with van der Waals surface area (Å²) >= 11 is 5.96. The van der Waals surface area contributed by atoms with Crippen LogP contribution in [0.1, 0.15) is 28.8 Å². The molecule has 4 aromatic rings. The van der Waals surface area contributed by atoms with E-state index < -0.39 is 0 Å². The first kappa shape index (κ1) is 19.8. The van der Waals surface area contributed by atoms with Gasteiger partial charge in [0.25, 0.3) is 11.5 Å². The van der Waals surface area contributed by atoms with Crippen LogP contribution in [0, 0.1) is 0 Å². The monoisotopic (exact) mass is 435 g/mol. The van der Waals surface area contributed by atoms with Crippen LogP contribution in [0.15, 0.2) is 59.5 Å². The third kappa shape index (κ3) is 3.94. The van der Waals surface area contributed by atoms with Crippen LogP contribution in [0.2, 0.25) is 5.02 Å². The summed E-state index contributed by atoms with van der Waals surface area (Å²) in [5, 5.41) is 8.73. The highest BCUT2D eigenvalue weighted by Gasteiger charge is 2.23. The highest BCUT2D eigenvalue weighted by atomic mass is 35.5. The van der Waals surface area contributed by atoms with E-state index in [1.807, 2.05) is 36.4 Å². The van der Waals surface area contributed by atoms with Crippen molar-refractivity contribution in [2.45, 2.75) is 25.4 Å². The van der Waals surface area contributed by atoms with Crippen LogP contribution in [-0.2, 0) is 6.54 Å². The second-order valence-electron chi connectivity index (χ2n) is 7.94. The first-order valence-electron chi connectivity index (χ1n) is 10.3. The van der Waals surface area contributed by atoms with Crippen molar-refractivity contribution >= 4 is 34.1 Å². The van der Waals surface area contributed by atoms with Gasteiger partial charge in [0.1, 0.15) is 11.2 Å². The number of H-pyrrole nitrogens is 1. The maximum Gasteiger partial charge on any atom is 0.259 e. The van der Waals surface area contributed by atoms with Crippen molar-refractivity contribution in [1.29, 1.82) is 0 Å². The predicted molar refractivity (Wildman–Crippen MR) is 121 cm³/mol. The van der Waals surface area contributed by atoms with Crippen LogP contribution in [0.3, 0.4) is 0 Å². The number of carbonyl (C=O) groups excluding carboxylic acids is 1. The van der Waals surface area contributed by atoms with Gasteiger partial charge in [-0.1, -0.05) is 35.9 Å². The summed E-state index contributed by atoms with van der Waals surface area (Å²) in [6.45, 7) is 2.69. The Hall–Kier alpha value is -3.16. The maximum atomic E-state index is 12.9. The van der Waals surface area contributed by atoms with Crippen LogP contribution < -0.4 is 10.9 Å². The number of carbonyl (C=O) groups is 1. The highest BCUT2D eigenvalue weighted by molar-refractivity contribution is 6.30. The Morgan fingerprint density at radius 2 is 1.87 bits per heavy atom. The van der Waals surface area contributed by atoms with Crippen molar-refractivity contribution < 1.29 is 4.79 Å². The fourth-order valence-electron chi connectivity index (χ4n) is 4.19. The average Bonchev–Trinajstić information content (AvgIpc) is 3.21. The van der Waals surface area contributed by atoms with E-state index in [9.17, 15) is 9.59 Å². The zero-order chi connectivity index (χ0) is 21.4. The van der Waals surface area contributed by atoms with Gasteiger partial charge in [-0.15, -0.1) is 0 Å². The molecular formula is C23H22ClN5O2. The number of para-hydroxylation sites is 1. The number of benzene rings is 2. The van der Waals surface area contributed by atoms with E-state index in [1.165, 1.54) is 11.8 Å². The van der Waals surface area contributed by atoms with Crippen LogP contribution >= 0.6 is 11.6 Å². The number of nitrogens with zero attached hydrogens (tertiary/aromatic N) is 3. The van der Waals surface area contributed by atoms with Crippen LogP contribution in [0.5, 0.6) is 0 Å². The van der Waals surface area contributed by atoms with Crippen LogP contribution in [0.25, 0.3) is 16.6 Å². The Balaban J connectivity index is 1.26. The molecule has 1 aliphatic heterocycles. The van der Waals surface area contributed by atoms with E-state index in [2.05, 4.69) is 20.3 Å². The van der Waals surface area contributed by atoms with E-state index in [4.69, 9.17) is 11.6 Å². The predicted octanol–water partition coefficient (Wildman–Crippen LogP) is 3.22. The van der Waals surface area contributed by atoms with Gasteiger partial charge in [-0.25, -0.2) is 4.52 Å². The third-order valence-electron chi connectivity index (χ3n) is 5.86. The third-order valence-corrected chi connectivity index (χ3v) is 6.12. The summed E-state index contributed by atoms with van der Waals surface area (Å²) in [6, 6.07) is 15.2. The molecule has 31 heavy (non-hydrogen) atoms. The SMILES string of the molecule is O=C(NC1CCN(Cc2ccc(Cl)cc2)CC1)c1cnn2c1[nH]c(=O)c1ccccc12. The van der Waals surface area contributed by atoms with Gasteiger partial charge in [-0.05, 0) is 42.7 Å². The van der Waals surface area contributed by atoms with Gasteiger partial charge in [0, 0.05) is 30.7 Å². The molecule has 0 bridgehead atoms. The molecule has 0 spiro atoms. The molecule has 1 amide bonds. The molecule has 1 fully saturated rings. The molecule has 0 unspecified atom stereocenters. The summed E-state index contributed by atoms with van der Waals surface area (Å²) in [5.41, 5.74) is 2.48. The van der Waals surface area contributed by atoms with Gasteiger partial charge >= 0.3 is 0 Å². The molecule has 0 atom stereocenters. The number of hydrogen-bond donors (Lipinski definition) is 2. The number of amides is 1. The zero-order valence-corrected chi connectivity index (χ0v) is 17.6.